The van der Waals surface area contributed by atoms with E-state index in [1.54, 1.807) is 38.1 Å². The summed E-state index contributed by atoms with van der Waals surface area (Å²) in [6.45, 7) is 3.54. The molecule has 6 heteroatoms. The lowest BCUT2D eigenvalue weighted by Gasteiger charge is -2.10. The Balaban J connectivity index is 2.19. The Kier molecular flexibility index (Phi) is 3.70. The fraction of sp³-hybridized carbons (Fsp3) is 0.188. The molecule has 114 valence electrons. The van der Waals surface area contributed by atoms with Gasteiger partial charge >= 0.3 is 0 Å². The Labute approximate surface area is 134 Å². The minimum atomic E-state index is -3.57. The van der Waals surface area contributed by atoms with Gasteiger partial charge in [-0.15, -0.1) is 0 Å². The van der Waals surface area contributed by atoms with E-state index in [0.29, 0.717) is 27.4 Å². The van der Waals surface area contributed by atoms with Crippen molar-refractivity contribution in [3.8, 4) is 0 Å². The highest BCUT2D eigenvalue weighted by Gasteiger charge is 2.21. The highest BCUT2D eigenvalue weighted by Crippen LogP contribution is 2.28. The van der Waals surface area contributed by atoms with Crippen molar-refractivity contribution in [3.63, 3.8) is 0 Å². The molecule has 3 rings (SSSR count). The van der Waals surface area contributed by atoms with Crippen LogP contribution in [0, 0.1) is 13.8 Å². The Bertz CT molecular complexity index is 947. The average Bonchev–Trinajstić information content (AvgIpc) is 2.76. The molecule has 3 aromatic rings. The second-order valence-corrected chi connectivity index (χ2v) is 7.50. The predicted octanol–water partition coefficient (Wildman–Crippen LogP) is 3.68. The number of nitrogens with zero attached hydrogens (tertiary/aromatic N) is 2. The Hall–Kier alpha value is -1.85. The minimum Gasteiger partial charge on any atom is -0.234 e. The van der Waals surface area contributed by atoms with E-state index in [1.165, 1.54) is 3.97 Å². The van der Waals surface area contributed by atoms with Gasteiger partial charge in [-0.2, -0.15) is 0 Å². The van der Waals surface area contributed by atoms with Gasteiger partial charge in [-0.1, -0.05) is 41.9 Å². The summed E-state index contributed by atoms with van der Waals surface area (Å²) in [5.41, 5.74) is 2.42. The summed E-state index contributed by atoms with van der Waals surface area (Å²) < 4.78 is 26.9. The molecule has 0 bridgehead atoms. The molecule has 22 heavy (non-hydrogen) atoms. The van der Waals surface area contributed by atoms with Crippen LogP contribution in [0.2, 0.25) is 5.02 Å². The summed E-state index contributed by atoms with van der Waals surface area (Å²) in [6.07, 6.45) is 0. The lowest BCUT2D eigenvalue weighted by Crippen LogP contribution is -2.16. The van der Waals surface area contributed by atoms with Crippen molar-refractivity contribution in [2.75, 3.05) is 0 Å². The number of pyridine rings is 1. The molecule has 0 fully saturated rings. The highest BCUT2D eigenvalue weighted by atomic mass is 35.5. The van der Waals surface area contributed by atoms with E-state index in [9.17, 15) is 8.42 Å². The second-order valence-electron chi connectivity index (χ2n) is 5.27. The first-order chi connectivity index (χ1) is 10.4. The van der Waals surface area contributed by atoms with Crippen LogP contribution in [0.5, 0.6) is 0 Å². The van der Waals surface area contributed by atoms with Crippen molar-refractivity contribution >= 4 is 32.7 Å². The molecule has 0 N–H and O–H groups in total. The van der Waals surface area contributed by atoms with E-state index in [0.717, 1.165) is 5.56 Å². The second kappa shape index (κ2) is 5.41. The Morgan fingerprint density at radius 1 is 1.14 bits per heavy atom. The highest BCUT2D eigenvalue weighted by molar-refractivity contribution is 7.89. The molecular weight excluding hydrogens is 320 g/mol. The molecule has 1 aromatic carbocycles. The van der Waals surface area contributed by atoms with E-state index in [-0.39, 0.29) is 5.75 Å². The normalized spacial score (nSPS) is 12.0. The van der Waals surface area contributed by atoms with Crippen LogP contribution in [0.3, 0.4) is 0 Å². The maximum atomic E-state index is 12.8. The van der Waals surface area contributed by atoms with Crippen LogP contribution in [0.1, 0.15) is 17.0 Å². The summed E-state index contributed by atoms with van der Waals surface area (Å²) in [7, 11) is -3.57. The SMILES string of the molecule is Cc1cc(Cl)c2cc(C)n(S(=O)(=O)Cc3ccccc3)c2n1. The molecule has 2 heterocycles. The third kappa shape index (κ3) is 2.62. The van der Waals surface area contributed by atoms with Gasteiger partial charge in [-0.3, -0.25) is 0 Å². The van der Waals surface area contributed by atoms with Gasteiger partial charge in [-0.05, 0) is 31.5 Å². The molecule has 0 amide bonds. The van der Waals surface area contributed by atoms with Crippen LogP contribution in [0.4, 0.5) is 0 Å². The predicted molar refractivity (Wildman–Crippen MR) is 88.7 cm³/mol. The van der Waals surface area contributed by atoms with Gasteiger partial charge in [0.1, 0.15) is 0 Å². The maximum absolute atomic E-state index is 12.8. The molecule has 0 aliphatic heterocycles. The fourth-order valence-electron chi connectivity index (χ4n) is 2.55. The molecule has 0 aliphatic carbocycles. The topological polar surface area (TPSA) is 52.0 Å². The van der Waals surface area contributed by atoms with E-state index < -0.39 is 10.0 Å². The molecule has 0 aliphatic rings. The zero-order valence-electron chi connectivity index (χ0n) is 12.2. The average molecular weight is 335 g/mol. The molecule has 0 atom stereocenters. The van der Waals surface area contributed by atoms with Crippen molar-refractivity contribution in [3.05, 3.63) is 64.4 Å². The molecule has 0 saturated carbocycles. The Morgan fingerprint density at radius 3 is 2.50 bits per heavy atom. The molecular formula is C16H15ClN2O2S. The number of fused-ring (bicyclic) bond motifs is 1. The van der Waals surface area contributed by atoms with Crippen LogP contribution in [0.15, 0.2) is 42.5 Å². The number of benzene rings is 1. The zero-order chi connectivity index (χ0) is 15.9. The summed E-state index contributed by atoms with van der Waals surface area (Å²) >= 11 is 6.21. The van der Waals surface area contributed by atoms with E-state index in [2.05, 4.69) is 4.98 Å². The molecule has 2 aromatic heterocycles. The number of aryl methyl sites for hydroxylation is 2. The van der Waals surface area contributed by atoms with Crippen LogP contribution in [-0.4, -0.2) is 17.4 Å². The van der Waals surface area contributed by atoms with Crippen LogP contribution < -0.4 is 0 Å². The smallest absolute Gasteiger partial charge is 0.234 e. The quantitative estimate of drug-likeness (QED) is 0.734. The van der Waals surface area contributed by atoms with E-state index in [1.807, 2.05) is 18.2 Å². The summed E-state index contributed by atoms with van der Waals surface area (Å²) in [4.78, 5) is 4.36. The van der Waals surface area contributed by atoms with Crippen LogP contribution in [-0.2, 0) is 15.8 Å². The summed E-state index contributed by atoms with van der Waals surface area (Å²) in [5.74, 6) is -0.0777. The van der Waals surface area contributed by atoms with Crippen molar-refractivity contribution in [2.24, 2.45) is 0 Å². The lowest BCUT2D eigenvalue weighted by molar-refractivity contribution is 0.587. The third-order valence-corrected chi connectivity index (χ3v) is 5.48. The summed E-state index contributed by atoms with van der Waals surface area (Å²) in [6, 6.07) is 12.6. The molecule has 0 radical (unpaired) electrons. The monoisotopic (exact) mass is 334 g/mol. The number of hydrogen-bond donors (Lipinski definition) is 0. The number of aromatic nitrogens is 2. The lowest BCUT2D eigenvalue weighted by atomic mass is 10.2. The van der Waals surface area contributed by atoms with Crippen LogP contribution >= 0.6 is 11.6 Å². The first kappa shape index (κ1) is 15.1. The summed E-state index contributed by atoms with van der Waals surface area (Å²) in [5, 5.41) is 1.17. The van der Waals surface area contributed by atoms with Gasteiger partial charge in [0.05, 0.1) is 10.8 Å². The third-order valence-electron chi connectivity index (χ3n) is 3.45. The van der Waals surface area contributed by atoms with Gasteiger partial charge in [0.25, 0.3) is 0 Å². The number of rotatable bonds is 3. The van der Waals surface area contributed by atoms with E-state index >= 15 is 0 Å². The largest absolute Gasteiger partial charge is 0.244 e. The van der Waals surface area contributed by atoms with Crippen molar-refractivity contribution in [1.29, 1.82) is 0 Å². The van der Waals surface area contributed by atoms with Gasteiger partial charge in [0.15, 0.2) is 5.65 Å². The Morgan fingerprint density at radius 2 is 1.82 bits per heavy atom. The first-order valence-corrected chi connectivity index (χ1v) is 8.79. The van der Waals surface area contributed by atoms with E-state index in [4.69, 9.17) is 11.6 Å². The molecule has 0 saturated heterocycles. The van der Waals surface area contributed by atoms with Crippen molar-refractivity contribution in [2.45, 2.75) is 19.6 Å². The van der Waals surface area contributed by atoms with Crippen molar-refractivity contribution in [1.82, 2.24) is 8.96 Å². The number of hydrogen-bond acceptors (Lipinski definition) is 3. The van der Waals surface area contributed by atoms with Gasteiger partial charge < -0.3 is 0 Å². The fourth-order valence-corrected chi connectivity index (χ4v) is 4.48. The maximum Gasteiger partial charge on any atom is 0.244 e. The molecule has 0 unspecified atom stereocenters. The van der Waals surface area contributed by atoms with Crippen LogP contribution in [0.25, 0.3) is 11.0 Å². The first-order valence-electron chi connectivity index (χ1n) is 6.81. The van der Waals surface area contributed by atoms with Gasteiger partial charge in [0.2, 0.25) is 10.0 Å². The minimum absolute atomic E-state index is 0.0777. The van der Waals surface area contributed by atoms with Gasteiger partial charge in [0, 0.05) is 16.8 Å². The molecule has 0 spiro atoms. The standard InChI is InChI=1S/C16H15ClN2O2S/c1-11-8-15(17)14-9-12(2)19(16(14)18-11)22(20,21)10-13-6-4-3-5-7-13/h3-9H,10H2,1-2H3. The number of halogens is 1. The van der Waals surface area contributed by atoms with Gasteiger partial charge in [-0.25, -0.2) is 17.4 Å². The molecule has 4 nitrogen and oxygen atoms in total. The van der Waals surface area contributed by atoms with Crippen molar-refractivity contribution < 1.29 is 8.42 Å². The zero-order valence-corrected chi connectivity index (χ0v) is 13.8.